The highest BCUT2D eigenvalue weighted by Crippen LogP contribution is 2.29. The molecule has 0 saturated heterocycles. The molecule has 1 heterocycles. The molecule has 0 atom stereocenters. The van der Waals surface area contributed by atoms with Crippen LogP contribution < -0.4 is 5.73 Å². The Morgan fingerprint density at radius 2 is 2.07 bits per heavy atom. The van der Waals surface area contributed by atoms with E-state index in [-0.39, 0.29) is 0 Å². The molecule has 0 saturated carbocycles. The van der Waals surface area contributed by atoms with E-state index in [9.17, 15) is 13.2 Å². The van der Waals surface area contributed by atoms with Crippen LogP contribution in [0.15, 0.2) is 23.4 Å². The van der Waals surface area contributed by atoms with Crippen molar-refractivity contribution in [2.24, 2.45) is 5.73 Å². The van der Waals surface area contributed by atoms with Crippen molar-refractivity contribution in [3.8, 4) is 0 Å². The summed E-state index contributed by atoms with van der Waals surface area (Å²) in [6, 6.07) is 2.37. The molecule has 0 fully saturated rings. The molecule has 0 amide bonds. The van der Waals surface area contributed by atoms with Crippen LogP contribution in [0.1, 0.15) is 5.56 Å². The summed E-state index contributed by atoms with van der Waals surface area (Å²) in [4.78, 5) is 3.67. The number of nitrogens with zero attached hydrogens (tertiary/aromatic N) is 1. The molecule has 1 aromatic rings. The van der Waals surface area contributed by atoms with Crippen molar-refractivity contribution in [2.45, 2.75) is 11.2 Å². The Morgan fingerprint density at radius 3 is 2.50 bits per heavy atom. The van der Waals surface area contributed by atoms with Crippen LogP contribution in [-0.2, 0) is 6.18 Å². The minimum absolute atomic E-state index is 0.480. The predicted octanol–water partition coefficient (Wildman–Crippen LogP) is 2.15. The van der Waals surface area contributed by atoms with E-state index in [1.54, 1.807) is 0 Å². The van der Waals surface area contributed by atoms with Gasteiger partial charge in [-0.2, -0.15) is 13.2 Å². The Morgan fingerprint density at radius 1 is 1.36 bits per heavy atom. The highest BCUT2D eigenvalue weighted by Gasteiger charge is 2.30. The lowest BCUT2D eigenvalue weighted by Gasteiger charge is -2.06. The minimum Gasteiger partial charge on any atom is -0.330 e. The summed E-state index contributed by atoms with van der Waals surface area (Å²) in [5.74, 6) is 0.651. The van der Waals surface area contributed by atoms with Gasteiger partial charge in [0.15, 0.2) is 0 Å². The Bertz CT molecular complexity index is 284. The van der Waals surface area contributed by atoms with Crippen LogP contribution in [0.5, 0.6) is 0 Å². The van der Waals surface area contributed by atoms with Gasteiger partial charge in [0.05, 0.1) is 10.6 Å². The molecule has 6 heteroatoms. The van der Waals surface area contributed by atoms with E-state index in [4.69, 9.17) is 5.73 Å². The highest BCUT2D eigenvalue weighted by molar-refractivity contribution is 7.99. The number of halogens is 3. The van der Waals surface area contributed by atoms with Crippen molar-refractivity contribution in [3.05, 3.63) is 23.9 Å². The van der Waals surface area contributed by atoms with Gasteiger partial charge in [-0.05, 0) is 12.1 Å². The van der Waals surface area contributed by atoms with Gasteiger partial charge in [-0.25, -0.2) is 4.98 Å². The van der Waals surface area contributed by atoms with Crippen molar-refractivity contribution < 1.29 is 13.2 Å². The minimum atomic E-state index is -4.32. The third-order valence-corrected chi connectivity index (χ3v) is 2.41. The molecule has 0 aliphatic rings. The van der Waals surface area contributed by atoms with Gasteiger partial charge in [0, 0.05) is 18.5 Å². The number of thioether (sulfide) groups is 1. The molecule has 2 nitrogen and oxygen atoms in total. The molecule has 0 bridgehead atoms. The molecule has 0 spiro atoms. The number of alkyl halides is 3. The number of aromatic nitrogens is 1. The summed E-state index contributed by atoms with van der Waals surface area (Å²) in [5.41, 5.74) is 4.52. The molecule has 2 N–H and O–H groups in total. The largest absolute Gasteiger partial charge is 0.417 e. The Balaban J connectivity index is 2.69. The van der Waals surface area contributed by atoms with Gasteiger partial charge in [-0.15, -0.1) is 11.8 Å². The molecule has 0 aliphatic heterocycles. The summed E-state index contributed by atoms with van der Waals surface area (Å²) >= 11 is 1.34. The van der Waals surface area contributed by atoms with Gasteiger partial charge >= 0.3 is 6.18 Å². The summed E-state index contributed by atoms with van der Waals surface area (Å²) in [6.07, 6.45) is -3.48. The second-order valence-electron chi connectivity index (χ2n) is 2.52. The maximum atomic E-state index is 12.1. The van der Waals surface area contributed by atoms with Crippen molar-refractivity contribution in [2.75, 3.05) is 12.3 Å². The lowest BCUT2D eigenvalue weighted by atomic mass is 10.3. The van der Waals surface area contributed by atoms with Gasteiger partial charge in [0.1, 0.15) is 0 Å². The van der Waals surface area contributed by atoms with Crippen molar-refractivity contribution in [3.63, 3.8) is 0 Å². The zero-order valence-corrected chi connectivity index (χ0v) is 8.03. The second-order valence-corrected chi connectivity index (χ2v) is 3.64. The molecule has 0 unspecified atom stereocenters. The second kappa shape index (κ2) is 4.65. The van der Waals surface area contributed by atoms with Crippen LogP contribution in [-0.4, -0.2) is 17.3 Å². The van der Waals surface area contributed by atoms with Gasteiger partial charge < -0.3 is 5.73 Å². The summed E-state index contributed by atoms with van der Waals surface area (Å²) in [7, 11) is 0. The average molecular weight is 222 g/mol. The predicted molar refractivity (Wildman–Crippen MR) is 49.0 cm³/mol. The summed E-state index contributed by atoms with van der Waals surface area (Å²) in [6.45, 7) is 0.480. The lowest BCUT2D eigenvalue weighted by Crippen LogP contribution is -2.05. The van der Waals surface area contributed by atoms with E-state index < -0.39 is 11.7 Å². The first-order valence-electron chi connectivity index (χ1n) is 3.90. The van der Waals surface area contributed by atoms with Crippen LogP contribution in [0, 0.1) is 0 Å². The number of nitrogens with two attached hydrogens (primary N) is 1. The average Bonchev–Trinajstić information content (AvgIpc) is 2.14. The fourth-order valence-electron chi connectivity index (χ4n) is 0.797. The number of pyridine rings is 1. The maximum absolute atomic E-state index is 12.1. The first-order chi connectivity index (χ1) is 6.54. The first-order valence-corrected chi connectivity index (χ1v) is 4.88. The highest BCUT2D eigenvalue weighted by atomic mass is 32.2. The van der Waals surface area contributed by atoms with Crippen LogP contribution in [0.2, 0.25) is 0 Å². The molecular weight excluding hydrogens is 213 g/mol. The van der Waals surface area contributed by atoms with Gasteiger partial charge in [-0.3, -0.25) is 0 Å². The summed E-state index contributed by atoms with van der Waals surface area (Å²) < 4.78 is 36.3. The molecule has 78 valence electrons. The number of hydrogen-bond acceptors (Lipinski definition) is 3. The fraction of sp³-hybridized carbons (Fsp3) is 0.375. The molecule has 0 aromatic carbocycles. The van der Waals surface area contributed by atoms with E-state index in [1.165, 1.54) is 17.8 Å². The molecule has 0 radical (unpaired) electrons. The third kappa shape index (κ3) is 3.19. The molecule has 0 aliphatic carbocycles. The molecular formula is C8H9F3N2S. The molecule has 1 aromatic heterocycles. The van der Waals surface area contributed by atoms with Crippen molar-refractivity contribution in [1.29, 1.82) is 0 Å². The monoisotopic (exact) mass is 222 g/mol. The normalized spacial score (nSPS) is 11.7. The van der Waals surface area contributed by atoms with Crippen LogP contribution in [0.4, 0.5) is 13.2 Å². The quantitative estimate of drug-likeness (QED) is 0.796. The maximum Gasteiger partial charge on any atom is 0.417 e. The Hall–Kier alpha value is -0.750. The van der Waals surface area contributed by atoms with Crippen LogP contribution in [0.3, 0.4) is 0 Å². The smallest absolute Gasteiger partial charge is 0.330 e. The fourth-order valence-corrected chi connectivity index (χ4v) is 1.42. The Labute approximate surface area is 83.7 Å². The topological polar surface area (TPSA) is 38.9 Å². The first kappa shape index (κ1) is 11.3. The number of hydrogen-bond donors (Lipinski definition) is 1. The van der Waals surface area contributed by atoms with E-state index in [2.05, 4.69) is 4.98 Å². The van der Waals surface area contributed by atoms with E-state index >= 15 is 0 Å². The SMILES string of the molecule is NCCSc1ccc(C(F)(F)F)cn1. The zero-order valence-electron chi connectivity index (χ0n) is 7.21. The van der Waals surface area contributed by atoms with Gasteiger partial charge in [-0.1, -0.05) is 0 Å². The third-order valence-electron chi connectivity index (χ3n) is 1.43. The molecule has 14 heavy (non-hydrogen) atoms. The van der Waals surface area contributed by atoms with Crippen LogP contribution >= 0.6 is 11.8 Å². The van der Waals surface area contributed by atoms with Gasteiger partial charge in [0.25, 0.3) is 0 Å². The molecule has 1 rings (SSSR count). The van der Waals surface area contributed by atoms with Crippen LogP contribution in [0.25, 0.3) is 0 Å². The van der Waals surface area contributed by atoms with E-state index in [0.29, 0.717) is 17.3 Å². The Kier molecular flexibility index (Phi) is 3.77. The van der Waals surface area contributed by atoms with E-state index in [1.807, 2.05) is 0 Å². The standard InChI is InChI=1S/C8H9F3N2S/c9-8(10,11)6-1-2-7(13-5-6)14-4-3-12/h1-2,5H,3-4,12H2. The van der Waals surface area contributed by atoms with Gasteiger partial charge in [0.2, 0.25) is 0 Å². The van der Waals surface area contributed by atoms with Crippen molar-refractivity contribution >= 4 is 11.8 Å². The van der Waals surface area contributed by atoms with Crippen molar-refractivity contribution in [1.82, 2.24) is 4.98 Å². The zero-order chi connectivity index (χ0) is 10.6. The lowest BCUT2D eigenvalue weighted by molar-refractivity contribution is -0.137. The van der Waals surface area contributed by atoms with E-state index in [0.717, 1.165) is 12.3 Å². The summed E-state index contributed by atoms with van der Waals surface area (Å²) in [5, 5.41) is 0.559. The number of rotatable bonds is 3.